The summed E-state index contributed by atoms with van der Waals surface area (Å²) in [6.07, 6.45) is 0.121. The SMILES string of the molecule is CCOC(=O)Cn1nc(C)c2c1NC(=O)CC2c1cc2ccc(OC)cc2n(C)c1=O. The Kier molecular flexibility index (Phi) is 5.26. The Morgan fingerprint density at radius 1 is 1.29 bits per heavy atom. The molecule has 0 fully saturated rings. The van der Waals surface area contributed by atoms with E-state index >= 15 is 0 Å². The van der Waals surface area contributed by atoms with Crippen LogP contribution in [-0.2, 0) is 27.9 Å². The number of hydrogen-bond donors (Lipinski definition) is 1. The van der Waals surface area contributed by atoms with Crippen molar-refractivity contribution >= 4 is 28.6 Å². The van der Waals surface area contributed by atoms with E-state index in [-0.39, 0.29) is 31.0 Å². The Morgan fingerprint density at radius 3 is 2.77 bits per heavy atom. The molecule has 1 N–H and O–H groups in total. The summed E-state index contributed by atoms with van der Waals surface area (Å²) in [6.45, 7) is 3.67. The van der Waals surface area contributed by atoms with E-state index in [0.717, 1.165) is 16.5 Å². The molecule has 31 heavy (non-hydrogen) atoms. The van der Waals surface area contributed by atoms with Gasteiger partial charge in [0.2, 0.25) is 5.91 Å². The number of carbonyl (C=O) groups excluding carboxylic acids is 2. The van der Waals surface area contributed by atoms with Gasteiger partial charge in [-0.15, -0.1) is 0 Å². The number of ether oxygens (including phenoxy) is 2. The highest BCUT2D eigenvalue weighted by Gasteiger charge is 2.34. The first kappa shape index (κ1) is 20.6. The number of fused-ring (bicyclic) bond motifs is 2. The van der Waals surface area contributed by atoms with Crippen molar-refractivity contribution in [2.24, 2.45) is 7.05 Å². The maximum absolute atomic E-state index is 13.3. The van der Waals surface area contributed by atoms with E-state index in [1.807, 2.05) is 24.3 Å². The van der Waals surface area contributed by atoms with E-state index in [1.54, 1.807) is 32.6 Å². The molecule has 1 atom stereocenters. The molecule has 0 spiro atoms. The topological polar surface area (TPSA) is 104 Å². The molecular weight excluding hydrogens is 400 g/mol. The molecule has 3 heterocycles. The van der Waals surface area contributed by atoms with Gasteiger partial charge in [-0.1, -0.05) is 0 Å². The fourth-order valence-electron chi connectivity index (χ4n) is 4.17. The molecule has 0 bridgehead atoms. The maximum Gasteiger partial charge on any atom is 0.327 e. The number of benzene rings is 1. The number of hydrogen-bond acceptors (Lipinski definition) is 6. The molecule has 9 heteroatoms. The number of anilines is 1. The fraction of sp³-hybridized carbons (Fsp3) is 0.364. The van der Waals surface area contributed by atoms with Crippen LogP contribution in [0, 0.1) is 6.92 Å². The smallest absolute Gasteiger partial charge is 0.327 e. The Balaban J connectivity index is 1.85. The zero-order chi connectivity index (χ0) is 22.3. The molecule has 1 amide bonds. The summed E-state index contributed by atoms with van der Waals surface area (Å²) in [5.41, 5.74) is 2.46. The lowest BCUT2D eigenvalue weighted by molar-refractivity contribution is -0.144. The van der Waals surface area contributed by atoms with Crippen molar-refractivity contribution in [1.29, 1.82) is 0 Å². The van der Waals surface area contributed by atoms with E-state index in [9.17, 15) is 14.4 Å². The number of nitrogens with zero attached hydrogens (tertiary/aromatic N) is 3. The molecule has 1 aliphatic rings. The summed E-state index contributed by atoms with van der Waals surface area (Å²) in [4.78, 5) is 37.8. The van der Waals surface area contributed by atoms with Crippen molar-refractivity contribution in [3.63, 3.8) is 0 Å². The number of aromatic nitrogens is 3. The lowest BCUT2D eigenvalue weighted by Gasteiger charge is -2.24. The van der Waals surface area contributed by atoms with Crippen molar-refractivity contribution in [1.82, 2.24) is 14.3 Å². The molecular formula is C22H24N4O5. The van der Waals surface area contributed by atoms with Crippen LogP contribution < -0.4 is 15.6 Å². The van der Waals surface area contributed by atoms with Gasteiger partial charge in [-0.25, -0.2) is 4.68 Å². The molecule has 0 radical (unpaired) electrons. The summed E-state index contributed by atoms with van der Waals surface area (Å²) in [6, 6.07) is 7.35. The zero-order valence-electron chi connectivity index (χ0n) is 17.9. The normalized spacial score (nSPS) is 15.5. The minimum Gasteiger partial charge on any atom is -0.497 e. The van der Waals surface area contributed by atoms with Gasteiger partial charge in [-0.2, -0.15) is 5.10 Å². The average molecular weight is 424 g/mol. The molecule has 2 aromatic heterocycles. The number of amides is 1. The second-order valence-electron chi connectivity index (χ2n) is 7.50. The summed E-state index contributed by atoms with van der Waals surface area (Å²) in [7, 11) is 3.28. The molecule has 9 nitrogen and oxygen atoms in total. The first-order chi connectivity index (χ1) is 14.8. The van der Waals surface area contributed by atoms with Crippen molar-refractivity contribution in [3.05, 3.63) is 51.4 Å². The van der Waals surface area contributed by atoms with Gasteiger partial charge in [0.05, 0.1) is 24.9 Å². The Bertz CT molecular complexity index is 1260. The molecule has 0 saturated heterocycles. The number of nitrogens with one attached hydrogen (secondary N) is 1. The molecule has 3 aromatic rings. The van der Waals surface area contributed by atoms with E-state index in [4.69, 9.17) is 9.47 Å². The summed E-state index contributed by atoms with van der Waals surface area (Å²) < 4.78 is 13.3. The van der Waals surface area contributed by atoms with Crippen LogP contribution in [0.3, 0.4) is 0 Å². The van der Waals surface area contributed by atoms with E-state index < -0.39 is 11.9 Å². The quantitative estimate of drug-likeness (QED) is 0.629. The first-order valence-corrected chi connectivity index (χ1v) is 10.0. The van der Waals surface area contributed by atoms with Crippen LogP contribution in [0.4, 0.5) is 5.82 Å². The number of aryl methyl sites for hydroxylation is 2. The molecule has 1 aliphatic heterocycles. The van der Waals surface area contributed by atoms with Gasteiger partial charge < -0.3 is 19.4 Å². The molecule has 1 unspecified atom stereocenters. The van der Waals surface area contributed by atoms with Gasteiger partial charge >= 0.3 is 5.97 Å². The number of rotatable bonds is 5. The third-order valence-corrected chi connectivity index (χ3v) is 5.59. The summed E-state index contributed by atoms with van der Waals surface area (Å²) >= 11 is 0. The first-order valence-electron chi connectivity index (χ1n) is 10.0. The standard InChI is InChI=1S/C22H24N4O5/c1-5-31-19(28)11-26-21-20(12(2)24-26)15(10-18(27)23-21)16-8-13-6-7-14(30-4)9-17(13)25(3)22(16)29/h6-9,15H,5,10-11H2,1-4H3,(H,23,27). The highest BCUT2D eigenvalue weighted by atomic mass is 16.5. The third kappa shape index (κ3) is 3.56. The minimum atomic E-state index is -0.468. The maximum atomic E-state index is 13.3. The lowest BCUT2D eigenvalue weighted by atomic mass is 9.86. The molecule has 162 valence electrons. The number of esters is 1. The van der Waals surface area contributed by atoms with Gasteiger partial charge in [0.1, 0.15) is 18.1 Å². The van der Waals surface area contributed by atoms with Crippen molar-refractivity contribution in [3.8, 4) is 5.75 Å². The van der Waals surface area contributed by atoms with Crippen LogP contribution in [0.1, 0.15) is 36.1 Å². The van der Waals surface area contributed by atoms with E-state index in [1.165, 1.54) is 4.68 Å². The van der Waals surface area contributed by atoms with Crippen molar-refractivity contribution in [2.75, 3.05) is 19.0 Å². The Labute approximate surface area is 178 Å². The lowest BCUT2D eigenvalue weighted by Crippen LogP contribution is -2.30. The molecule has 4 rings (SSSR count). The fourth-order valence-corrected chi connectivity index (χ4v) is 4.17. The summed E-state index contributed by atoms with van der Waals surface area (Å²) in [5, 5.41) is 8.11. The Morgan fingerprint density at radius 2 is 2.06 bits per heavy atom. The highest BCUT2D eigenvalue weighted by molar-refractivity contribution is 5.95. The number of pyridine rings is 1. The second-order valence-corrected chi connectivity index (χ2v) is 7.50. The zero-order valence-corrected chi connectivity index (χ0v) is 17.9. The van der Waals surface area contributed by atoms with Gasteiger partial charge in [0.15, 0.2) is 0 Å². The van der Waals surface area contributed by atoms with Gasteiger partial charge in [0.25, 0.3) is 5.56 Å². The van der Waals surface area contributed by atoms with Gasteiger partial charge in [0, 0.05) is 36.6 Å². The summed E-state index contributed by atoms with van der Waals surface area (Å²) in [5.74, 6) is -0.0571. The van der Waals surface area contributed by atoms with Crippen LogP contribution >= 0.6 is 0 Å². The second kappa shape index (κ2) is 7.90. The van der Waals surface area contributed by atoms with Crippen LogP contribution in [-0.4, -0.2) is 39.9 Å². The largest absolute Gasteiger partial charge is 0.497 e. The molecule has 1 aromatic carbocycles. The monoisotopic (exact) mass is 424 g/mol. The van der Waals surface area contributed by atoms with Crippen LogP contribution in [0.15, 0.2) is 29.1 Å². The minimum absolute atomic E-state index is 0.119. The van der Waals surface area contributed by atoms with Crippen molar-refractivity contribution < 1.29 is 19.1 Å². The van der Waals surface area contributed by atoms with E-state index in [0.29, 0.717) is 22.8 Å². The average Bonchev–Trinajstić information content (AvgIpc) is 3.04. The van der Waals surface area contributed by atoms with Gasteiger partial charge in [-0.3, -0.25) is 14.4 Å². The van der Waals surface area contributed by atoms with Crippen molar-refractivity contribution in [2.45, 2.75) is 32.7 Å². The molecule has 0 aliphatic carbocycles. The Hall–Kier alpha value is -3.62. The van der Waals surface area contributed by atoms with E-state index in [2.05, 4.69) is 10.4 Å². The van der Waals surface area contributed by atoms with Crippen LogP contribution in [0.2, 0.25) is 0 Å². The number of carbonyl (C=O) groups is 2. The third-order valence-electron chi connectivity index (χ3n) is 5.59. The van der Waals surface area contributed by atoms with Crippen LogP contribution in [0.25, 0.3) is 10.9 Å². The van der Waals surface area contributed by atoms with Crippen LogP contribution in [0.5, 0.6) is 5.75 Å². The van der Waals surface area contributed by atoms with Gasteiger partial charge in [-0.05, 0) is 37.4 Å². The predicted molar refractivity (Wildman–Crippen MR) is 114 cm³/mol. The number of methoxy groups -OCH3 is 1. The highest BCUT2D eigenvalue weighted by Crippen LogP contribution is 2.39. The predicted octanol–water partition coefficient (Wildman–Crippen LogP) is 2.09. The molecule has 0 saturated carbocycles.